The summed E-state index contributed by atoms with van der Waals surface area (Å²) < 4.78 is 38.4. The van der Waals surface area contributed by atoms with Crippen LogP contribution >= 0.6 is 0 Å². The highest BCUT2D eigenvalue weighted by molar-refractivity contribution is 5.90. The maximum Gasteiger partial charge on any atom is 0.433 e. The lowest BCUT2D eigenvalue weighted by Gasteiger charge is -2.12. The minimum absolute atomic E-state index is 0.210. The smallest absolute Gasteiger partial charge is 0.326 e. The Morgan fingerprint density at radius 2 is 1.92 bits per heavy atom. The van der Waals surface area contributed by atoms with Crippen molar-refractivity contribution in [2.45, 2.75) is 13.1 Å². The van der Waals surface area contributed by atoms with Gasteiger partial charge in [-0.2, -0.15) is 18.3 Å². The van der Waals surface area contributed by atoms with Crippen LogP contribution in [-0.2, 0) is 11.0 Å². The van der Waals surface area contributed by atoms with Crippen molar-refractivity contribution >= 4 is 23.2 Å². The fourth-order valence-electron chi connectivity index (χ4n) is 2.26. The van der Waals surface area contributed by atoms with Gasteiger partial charge in [-0.25, -0.2) is 9.97 Å². The van der Waals surface area contributed by atoms with Gasteiger partial charge in [-0.1, -0.05) is 0 Å². The largest absolute Gasteiger partial charge is 0.433 e. The van der Waals surface area contributed by atoms with Crippen molar-refractivity contribution in [3.63, 3.8) is 0 Å². The Balaban J connectivity index is 1.96. The van der Waals surface area contributed by atoms with E-state index in [0.717, 1.165) is 17.8 Å². The lowest BCUT2D eigenvalue weighted by Crippen LogP contribution is -2.10. The van der Waals surface area contributed by atoms with Crippen molar-refractivity contribution in [2.24, 2.45) is 0 Å². The van der Waals surface area contributed by atoms with Crippen molar-refractivity contribution < 1.29 is 18.0 Å². The summed E-state index contributed by atoms with van der Waals surface area (Å²) in [7, 11) is 0. The summed E-state index contributed by atoms with van der Waals surface area (Å²) in [6, 6.07) is 5.74. The molecule has 3 rings (SSSR count). The van der Waals surface area contributed by atoms with Crippen molar-refractivity contribution in [1.29, 1.82) is 0 Å². The lowest BCUT2D eigenvalue weighted by atomic mass is 10.1. The Morgan fingerprint density at radius 1 is 1.15 bits per heavy atom. The van der Waals surface area contributed by atoms with E-state index in [0.29, 0.717) is 16.9 Å². The van der Waals surface area contributed by atoms with Gasteiger partial charge >= 0.3 is 6.18 Å². The van der Waals surface area contributed by atoms with E-state index in [1.807, 2.05) is 0 Å². The Labute approximate surface area is 145 Å². The maximum atomic E-state index is 12.8. The van der Waals surface area contributed by atoms with Gasteiger partial charge < -0.3 is 10.6 Å². The van der Waals surface area contributed by atoms with E-state index in [1.54, 1.807) is 30.6 Å². The molecular weight excluding hydrogens is 349 g/mol. The third-order valence-corrected chi connectivity index (χ3v) is 3.29. The molecule has 2 heterocycles. The SMILES string of the molecule is CC(=O)Nc1cc(Nc2nccc(C(F)(F)F)n2)cc(-c2cn[nH]c2)c1. The lowest BCUT2D eigenvalue weighted by molar-refractivity contribution is -0.141. The van der Waals surface area contributed by atoms with Crippen LogP contribution in [0.3, 0.4) is 0 Å². The molecule has 0 saturated carbocycles. The molecule has 0 fully saturated rings. The number of halogens is 3. The summed E-state index contributed by atoms with van der Waals surface area (Å²) in [5.74, 6) is -0.492. The third kappa shape index (κ3) is 4.15. The van der Waals surface area contributed by atoms with Crippen LogP contribution in [0.15, 0.2) is 42.9 Å². The summed E-state index contributed by atoms with van der Waals surface area (Å²) in [4.78, 5) is 18.6. The Kier molecular flexibility index (Phi) is 4.57. The predicted octanol–water partition coefficient (Wildman–Crippen LogP) is 3.59. The Bertz CT molecular complexity index is 924. The number of benzene rings is 1. The van der Waals surface area contributed by atoms with E-state index in [-0.39, 0.29) is 11.9 Å². The number of nitrogens with zero attached hydrogens (tertiary/aromatic N) is 3. The molecule has 0 spiro atoms. The molecule has 3 aromatic rings. The molecule has 0 aliphatic rings. The number of carbonyl (C=O) groups excluding carboxylic acids is 1. The van der Waals surface area contributed by atoms with E-state index in [2.05, 4.69) is 30.8 Å². The van der Waals surface area contributed by atoms with Gasteiger partial charge in [0, 0.05) is 36.3 Å². The van der Waals surface area contributed by atoms with E-state index < -0.39 is 11.9 Å². The molecule has 134 valence electrons. The molecule has 1 amide bonds. The monoisotopic (exact) mass is 362 g/mol. The van der Waals surface area contributed by atoms with Crippen molar-refractivity contribution in [1.82, 2.24) is 20.2 Å². The minimum Gasteiger partial charge on any atom is -0.326 e. The van der Waals surface area contributed by atoms with Crippen LogP contribution < -0.4 is 10.6 Å². The fourth-order valence-corrected chi connectivity index (χ4v) is 2.26. The van der Waals surface area contributed by atoms with Gasteiger partial charge in [0.25, 0.3) is 0 Å². The second kappa shape index (κ2) is 6.82. The van der Waals surface area contributed by atoms with Crippen molar-refractivity contribution in [2.75, 3.05) is 10.6 Å². The van der Waals surface area contributed by atoms with Gasteiger partial charge in [0.1, 0.15) is 5.69 Å². The van der Waals surface area contributed by atoms with Gasteiger partial charge in [-0.05, 0) is 29.8 Å². The van der Waals surface area contributed by atoms with Crippen LogP contribution in [0.1, 0.15) is 12.6 Å². The second-order valence-corrected chi connectivity index (χ2v) is 5.36. The van der Waals surface area contributed by atoms with Crippen LogP contribution in [0.4, 0.5) is 30.5 Å². The zero-order valence-electron chi connectivity index (χ0n) is 13.4. The van der Waals surface area contributed by atoms with Crippen LogP contribution in [0.5, 0.6) is 0 Å². The number of carbonyl (C=O) groups is 1. The Morgan fingerprint density at radius 3 is 2.58 bits per heavy atom. The molecule has 1 aromatic carbocycles. The number of rotatable bonds is 4. The fraction of sp³-hybridized carbons (Fsp3) is 0.125. The predicted molar refractivity (Wildman–Crippen MR) is 88.6 cm³/mol. The normalized spacial score (nSPS) is 11.2. The van der Waals surface area contributed by atoms with Gasteiger partial charge in [-0.15, -0.1) is 0 Å². The summed E-state index contributed by atoms with van der Waals surface area (Å²) in [6.45, 7) is 1.35. The van der Waals surface area contributed by atoms with Gasteiger partial charge in [0.05, 0.1) is 6.20 Å². The van der Waals surface area contributed by atoms with Crippen LogP contribution in [-0.4, -0.2) is 26.1 Å². The molecule has 26 heavy (non-hydrogen) atoms. The molecule has 0 bridgehead atoms. The van der Waals surface area contributed by atoms with E-state index in [1.165, 1.54) is 6.92 Å². The molecule has 0 unspecified atom stereocenters. The number of amides is 1. The average Bonchev–Trinajstić information content (AvgIpc) is 3.08. The van der Waals surface area contributed by atoms with Gasteiger partial charge in [-0.3, -0.25) is 9.89 Å². The zero-order valence-corrected chi connectivity index (χ0v) is 13.4. The van der Waals surface area contributed by atoms with E-state index in [9.17, 15) is 18.0 Å². The number of H-pyrrole nitrogens is 1. The summed E-state index contributed by atoms with van der Waals surface area (Å²) >= 11 is 0. The summed E-state index contributed by atoms with van der Waals surface area (Å²) in [5.41, 5.74) is 1.25. The molecule has 0 radical (unpaired) electrons. The number of hydrogen-bond acceptors (Lipinski definition) is 5. The van der Waals surface area contributed by atoms with Crippen molar-refractivity contribution in [3.8, 4) is 11.1 Å². The maximum absolute atomic E-state index is 12.8. The zero-order chi connectivity index (χ0) is 18.7. The topological polar surface area (TPSA) is 95.6 Å². The standard InChI is InChI=1S/C16H13F3N6O/c1-9(26)23-12-4-10(11-7-21-22-8-11)5-13(6-12)24-15-20-3-2-14(25-15)16(17,18)19/h2-8H,1H3,(H,21,22)(H,23,26)(H,20,24,25). The first-order valence-electron chi connectivity index (χ1n) is 7.40. The number of anilines is 3. The summed E-state index contributed by atoms with van der Waals surface area (Å²) in [6.07, 6.45) is -0.318. The molecule has 2 aromatic heterocycles. The minimum atomic E-state index is -4.57. The van der Waals surface area contributed by atoms with Gasteiger partial charge in [0.15, 0.2) is 0 Å². The van der Waals surface area contributed by atoms with Crippen LogP contribution in [0.2, 0.25) is 0 Å². The second-order valence-electron chi connectivity index (χ2n) is 5.36. The highest BCUT2D eigenvalue weighted by Crippen LogP contribution is 2.30. The molecule has 7 nitrogen and oxygen atoms in total. The number of aromatic amines is 1. The number of nitrogens with one attached hydrogen (secondary N) is 3. The van der Waals surface area contributed by atoms with Crippen molar-refractivity contribution in [3.05, 3.63) is 48.5 Å². The van der Waals surface area contributed by atoms with E-state index in [4.69, 9.17) is 0 Å². The number of aromatic nitrogens is 4. The average molecular weight is 362 g/mol. The molecule has 0 aliphatic carbocycles. The first-order valence-corrected chi connectivity index (χ1v) is 7.40. The van der Waals surface area contributed by atoms with E-state index >= 15 is 0 Å². The summed E-state index contributed by atoms with van der Waals surface area (Å²) in [5, 5.41) is 11.9. The number of hydrogen-bond donors (Lipinski definition) is 3. The molecule has 3 N–H and O–H groups in total. The highest BCUT2D eigenvalue weighted by atomic mass is 19.4. The first-order chi connectivity index (χ1) is 12.3. The molecule has 0 atom stereocenters. The quantitative estimate of drug-likeness (QED) is 0.659. The van der Waals surface area contributed by atoms with Crippen LogP contribution in [0, 0.1) is 0 Å². The molecule has 0 saturated heterocycles. The van der Waals surface area contributed by atoms with Crippen LogP contribution in [0.25, 0.3) is 11.1 Å². The van der Waals surface area contributed by atoms with Gasteiger partial charge in [0.2, 0.25) is 11.9 Å². The molecule has 10 heteroatoms. The molecular formula is C16H13F3N6O. The highest BCUT2D eigenvalue weighted by Gasteiger charge is 2.32. The first kappa shape index (κ1) is 17.4. The molecule has 0 aliphatic heterocycles. The number of alkyl halides is 3. The Hall–Kier alpha value is -3.43. The third-order valence-electron chi connectivity index (χ3n) is 3.29.